The van der Waals surface area contributed by atoms with Crippen molar-refractivity contribution < 1.29 is 0 Å². The second-order valence-electron chi connectivity index (χ2n) is 6.46. The Hall–Kier alpha value is -2.68. The van der Waals surface area contributed by atoms with E-state index >= 15 is 0 Å². The molecule has 2 aromatic rings. The lowest BCUT2D eigenvalue weighted by Gasteiger charge is -2.21. The molecule has 0 unspecified atom stereocenters. The third kappa shape index (κ3) is 5.19. The summed E-state index contributed by atoms with van der Waals surface area (Å²) in [5, 5.41) is 22.4. The smallest absolute Gasteiger partial charge is 0.199 e. The molecule has 0 bridgehead atoms. The molecule has 0 amide bonds. The van der Waals surface area contributed by atoms with Crippen LogP contribution in [-0.4, -0.2) is 45.4 Å². The van der Waals surface area contributed by atoms with E-state index < -0.39 is 0 Å². The fourth-order valence-corrected chi connectivity index (χ4v) is 3.29. The molecule has 28 heavy (non-hydrogen) atoms. The van der Waals surface area contributed by atoms with Gasteiger partial charge in [-0.2, -0.15) is 15.6 Å². The third-order valence-corrected chi connectivity index (χ3v) is 5.19. The molecule has 2 rings (SSSR count). The van der Waals surface area contributed by atoms with Crippen LogP contribution in [0, 0.1) is 27.4 Å². The van der Waals surface area contributed by atoms with Crippen LogP contribution < -0.4 is 4.90 Å². The predicted octanol–water partition coefficient (Wildman–Crippen LogP) is 3.55. The van der Waals surface area contributed by atoms with Gasteiger partial charge in [-0.25, -0.2) is 4.68 Å². The van der Waals surface area contributed by atoms with Gasteiger partial charge in [0.25, 0.3) is 0 Å². The zero-order valence-electron chi connectivity index (χ0n) is 16.8. The number of aromatic nitrogens is 3. The van der Waals surface area contributed by atoms with E-state index in [1.807, 2.05) is 16.5 Å². The zero-order valence-corrected chi connectivity index (χ0v) is 17.6. The van der Waals surface area contributed by atoms with E-state index in [9.17, 15) is 0 Å². The monoisotopic (exact) mass is 397 g/mol. The van der Waals surface area contributed by atoms with Crippen molar-refractivity contribution in [3.63, 3.8) is 0 Å². The molecule has 1 heterocycles. The molecule has 0 N–H and O–H groups in total. The van der Waals surface area contributed by atoms with Crippen LogP contribution in [0.2, 0.25) is 0 Å². The molecule has 148 valence electrons. The molecule has 1 aromatic carbocycles. The van der Waals surface area contributed by atoms with Crippen LogP contribution in [0.5, 0.6) is 0 Å². The fourth-order valence-electron chi connectivity index (χ4n) is 3.10. The molecule has 0 aliphatic rings. The van der Waals surface area contributed by atoms with Crippen LogP contribution in [0.15, 0.2) is 24.3 Å². The molecule has 8 heteroatoms. The number of benzene rings is 1. The number of hydrogen-bond donors (Lipinski definition) is 0. The summed E-state index contributed by atoms with van der Waals surface area (Å²) in [6, 6.07) is 12.7. The first-order valence-electron chi connectivity index (χ1n) is 9.51. The van der Waals surface area contributed by atoms with Crippen LogP contribution in [-0.2, 0) is 13.7 Å². The van der Waals surface area contributed by atoms with Crippen molar-refractivity contribution in [2.75, 3.05) is 31.1 Å². The van der Waals surface area contributed by atoms with Gasteiger partial charge in [0.05, 0.1) is 18.8 Å². The van der Waals surface area contributed by atoms with E-state index in [2.05, 4.69) is 55.2 Å². The number of nitriles is 2. The summed E-state index contributed by atoms with van der Waals surface area (Å²) in [5.41, 5.74) is 2.19. The molecule has 0 atom stereocenters. The van der Waals surface area contributed by atoms with E-state index in [4.69, 9.17) is 27.8 Å². The maximum Gasteiger partial charge on any atom is 0.199 e. The maximum absolute atomic E-state index is 8.86. The van der Waals surface area contributed by atoms with Gasteiger partial charge in [0.2, 0.25) is 0 Å². The van der Waals surface area contributed by atoms with Gasteiger partial charge in [0.1, 0.15) is 0 Å². The highest BCUT2D eigenvalue weighted by Gasteiger charge is 2.13. The Bertz CT molecular complexity index is 877. The highest BCUT2D eigenvalue weighted by molar-refractivity contribution is 7.71. The molecule has 0 spiro atoms. The zero-order chi connectivity index (χ0) is 20.5. The third-order valence-electron chi connectivity index (χ3n) is 4.71. The average Bonchev–Trinajstić information content (AvgIpc) is 3.00. The van der Waals surface area contributed by atoms with Crippen LogP contribution in [0.4, 0.5) is 5.69 Å². The minimum absolute atomic E-state index is 0.408. The molecule has 0 radical (unpaired) electrons. The molecule has 1 aromatic heterocycles. The Labute approximate surface area is 172 Å². The van der Waals surface area contributed by atoms with Crippen LogP contribution in [0.3, 0.4) is 0 Å². The highest BCUT2D eigenvalue weighted by Crippen LogP contribution is 2.22. The van der Waals surface area contributed by atoms with Crippen molar-refractivity contribution in [3.8, 4) is 23.5 Å². The molecule has 0 saturated heterocycles. The van der Waals surface area contributed by atoms with Gasteiger partial charge in [-0.15, -0.1) is 0 Å². The topological polar surface area (TPSA) is 76.8 Å². The molecular formula is C20H27N7S. The lowest BCUT2D eigenvalue weighted by molar-refractivity contribution is 0.214. The van der Waals surface area contributed by atoms with Gasteiger partial charge in [0, 0.05) is 57.3 Å². The molecule has 0 aliphatic carbocycles. The standard InChI is InChI=1S/C20H27N7S/c1-4-26(5-2)18-10-8-17(9-11-18)19-23-27(20(28)24(19)3)16-25(14-6-12-21)15-7-13-22/h8-11H,4-7,14-16H2,1-3H3. The summed E-state index contributed by atoms with van der Waals surface area (Å²) in [7, 11) is 1.91. The van der Waals surface area contributed by atoms with Gasteiger partial charge in [-0.05, 0) is 50.3 Å². The van der Waals surface area contributed by atoms with Gasteiger partial charge in [0.15, 0.2) is 10.6 Å². The first-order chi connectivity index (χ1) is 13.5. The normalized spacial score (nSPS) is 10.6. The van der Waals surface area contributed by atoms with Gasteiger partial charge < -0.3 is 9.47 Å². The Morgan fingerprint density at radius 1 is 1.04 bits per heavy atom. The van der Waals surface area contributed by atoms with Gasteiger partial charge >= 0.3 is 0 Å². The first kappa shape index (κ1) is 21.6. The van der Waals surface area contributed by atoms with Crippen molar-refractivity contribution >= 4 is 17.9 Å². The quantitative estimate of drug-likeness (QED) is 0.571. The van der Waals surface area contributed by atoms with Crippen molar-refractivity contribution in [1.29, 1.82) is 10.5 Å². The fraction of sp³-hybridized carbons (Fsp3) is 0.500. The van der Waals surface area contributed by atoms with E-state index in [1.54, 1.807) is 4.68 Å². The van der Waals surface area contributed by atoms with Crippen molar-refractivity contribution in [2.45, 2.75) is 33.4 Å². The SMILES string of the molecule is CCN(CC)c1ccc(-c2nn(CN(CCC#N)CCC#N)c(=S)n2C)cc1. The minimum atomic E-state index is 0.408. The van der Waals surface area contributed by atoms with E-state index in [-0.39, 0.29) is 0 Å². The first-order valence-corrected chi connectivity index (χ1v) is 9.91. The van der Waals surface area contributed by atoms with Crippen molar-refractivity contribution in [3.05, 3.63) is 29.0 Å². The molecular weight excluding hydrogens is 370 g/mol. The Morgan fingerprint density at radius 2 is 1.61 bits per heavy atom. The highest BCUT2D eigenvalue weighted by atomic mass is 32.1. The van der Waals surface area contributed by atoms with E-state index in [0.29, 0.717) is 37.4 Å². The average molecular weight is 398 g/mol. The number of nitrogens with zero attached hydrogens (tertiary/aromatic N) is 7. The number of rotatable bonds is 10. The number of hydrogen-bond acceptors (Lipinski definition) is 6. The van der Waals surface area contributed by atoms with Crippen LogP contribution in [0.25, 0.3) is 11.4 Å². The van der Waals surface area contributed by atoms with Crippen molar-refractivity contribution in [1.82, 2.24) is 19.2 Å². The van der Waals surface area contributed by atoms with E-state index in [1.165, 1.54) is 5.69 Å². The van der Waals surface area contributed by atoms with Crippen LogP contribution in [0.1, 0.15) is 26.7 Å². The van der Waals surface area contributed by atoms with Gasteiger partial charge in [-0.1, -0.05) is 0 Å². The van der Waals surface area contributed by atoms with E-state index in [0.717, 1.165) is 24.5 Å². The largest absolute Gasteiger partial charge is 0.372 e. The van der Waals surface area contributed by atoms with Gasteiger partial charge in [-0.3, -0.25) is 4.90 Å². The number of anilines is 1. The summed E-state index contributed by atoms with van der Waals surface area (Å²) in [4.78, 5) is 4.33. The Kier molecular flexibility index (Phi) is 8.19. The molecule has 0 saturated carbocycles. The van der Waals surface area contributed by atoms with Crippen LogP contribution >= 0.6 is 12.2 Å². The molecule has 7 nitrogen and oxygen atoms in total. The summed E-state index contributed by atoms with van der Waals surface area (Å²) < 4.78 is 4.27. The summed E-state index contributed by atoms with van der Waals surface area (Å²) in [6.07, 6.45) is 0.816. The van der Waals surface area contributed by atoms with Crippen molar-refractivity contribution in [2.24, 2.45) is 7.05 Å². The Balaban J connectivity index is 2.25. The second-order valence-corrected chi connectivity index (χ2v) is 6.82. The minimum Gasteiger partial charge on any atom is -0.372 e. The molecule has 0 fully saturated rings. The summed E-state index contributed by atoms with van der Waals surface area (Å²) in [6.45, 7) is 7.87. The lowest BCUT2D eigenvalue weighted by atomic mass is 10.2. The molecule has 0 aliphatic heterocycles. The Morgan fingerprint density at radius 3 is 2.11 bits per heavy atom. The second kappa shape index (κ2) is 10.6. The predicted molar refractivity (Wildman–Crippen MR) is 113 cm³/mol. The summed E-state index contributed by atoms with van der Waals surface area (Å²) >= 11 is 5.56. The lowest BCUT2D eigenvalue weighted by Crippen LogP contribution is -2.29. The maximum atomic E-state index is 8.86. The summed E-state index contributed by atoms with van der Waals surface area (Å²) in [5.74, 6) is 0.802.